The number of hydrogen-bond donors (Lipinski definition) is 0. The summed E-state index contributed by atoms with van der Waals surface area (Å²) >= 11 is 0. The van der Waals surface area contributed by atoms with Crippen molar-refractivity contribution in [3.05, 3.63) is 72.3 Å². The fourth-order valence-corrected chi connectivity index (χ4v) is 2.61. The minimum atomic E-state index is -0.320. The summed E-state index contributed by atoms with van der Waals surface area (Å²) in [7, 11) is 1.63. The number of carbonyl (C=O) groups is 1. The Balaban J connectivity index is 1.67. The second-order valence-corrected chi connectivity index (χ2v) is 5.49. The maximum absolute atomic E-state index is 12.1. The summed E-state index contributed by atoms with van der Waals surface area (Å²) in [5.74, 6) is 0.788. The molecule has 1 heterocycles. The maximum Gasteiger partial charge on any atom is 0.410 e. The van der Waals surface area contributed by atoms with E-state index in [0.717, 1.165) is 22.4 Å². The Labute approximate surface area is 135 Å². The Hall–Kier alpha value is -2.75. The SMILES string of the molecule is C=C(c1ccc(OC)cc1)C1CN(Cc2ccccc2)C(=O)O1. The lowest BCUT2D eigenvalue weighted by Crippen LogP contribution is -2.24. The highest BCUT2D eigenvalue weighted by Crippen LogP contribution is 2.27. The van der Waals surface area contributed by atoms with E-state index in [-0.39, 0.29) is 12.2 Å². The second kappa shape index (κ2) is 6.57. The molecule has 0 N–H and O–H groups in total. The van der Waals surface area contributed by atoms with Gasteiger partial charge in [0.1, 0.15) is 11.9 Å². The average molecular weight is 309 g/mol. The smallest absolute Gasteiger partial charge is 0.410 e. The van der Waals surface area contributed by atoms with Gasteiger partial charge in [-0.1, -0.05) is 49.0 Å². The molecule has 1 aliphatic rings. The molecular formula is C19H19NO3. The van der Waals surface area contributed by atoms with Gasteiger partial charge in [0.2, 0.25) is 0 Å². The normalized spacial score (nSPS) is 17.0. The lowest BCUT2D eigenvalue weighted by atomic mass is 10.0. The molecule has 1 fully saturated rings. The molecule has 2 aromatic carbocycles. The number of methoxy groups -OCH3 is 1. The van der Waals surface area contributed by atoms with E-state index in [1.54, 1.807) is 12.0 Å². The van der Waals surface area contributed by atoms with Crippen LogP contribution in [0.3, 0.4) is 0 Å². The molecule has 0 spiro atoms. The Morgan fingerprint density at radius 3 is 2.57 bits per heavy atom. The maximum atomic E-state index is 12.1. The van der Waals surface area contributed by atoms with Gasteiger partial charge in [-0.25, -0.2) is 4.79 Å². The molecule has 1 unspecified atom stereocenters. The fraction of sp³-hybridized carbons (Fsp3) is 0.211. The third kappa shape index (κ3) is 3.37. The molecule has 1 amide bonds. The Morgan fingerprint density at radius 2 is 1.91 bits per heavy atom. The predicted octanol–water partition coefficient (Wildman–Crippen LogP) is 3.73. The molecule has 4 heteroatoms. The van der Waals surface area contributed by atoms with E-state index < -0.39 is 0 Å². The van der Waals surface area contributed by atoms with Crippen LogP contribution in [0.2, 0.25) is 0 Å². The summed E-state index contributed by atoms with van der Waals surface area (Å²) < 4.78 is 10.6. The molecule has 0 radical (unpaired) electrons. The van der Waals surface area contributed by atoms with E-state index in [1.807, 2.05) is 54.6 Å². The number of rotatable bonds is 5. The van der Waals surface area contributed by atoms with Gasteiger partial charge >= 0.3 is 6.09 Å². The minimum absolute atomic E-state index is 0.298. The summed E-state index contributed by atoms with van der Waals surface area (Å²) in [5, 5.41) is 0. The van der Waals surface area contributed by atoms with Crippen LogP contribution in [0.1, 0.15) is 11.1 Å². The Bertz CT molecular complexity index is 694. The first-order chi connectivity index (χ1) is 11.2. The molecule has 1 atom stereocenters. The molecular weight excluding hydrogens is 290 g/mol. The van der Waals surface area contributed by atoms with Crippen molar-refractivity contribution >= 4 is 11.7 Å². The molecule has 2 aromatic rings. The molecule has 0 aliphatic carbocycles. The number of carbonyl (C=O) groups excluding carboxylic acids is 1. The first-order valence-electron chi connectivity index (χ1n) is 7.50. The van der Waals surface area contributed by atoms with E-state index in [4.69, 9.17) is 9.47 Å². The van der Waals surface area contributed by atoms with E-state index >= 15 is 0 Å². The summed E-state index contributed by atoms with van der Waals surface area (Å²) in [6.07, 6.45) is -0.617. The van der Waals surface area contributed by atoms with E-state index in [1.165, 1.54) is 0 Å². The molecule has 1 aliphatic heterocycles. The number of amides is 1. The van der Waals surface area contributed by atoms with Gasteiger partial charge in [-0.3, -0.25) is 4.90 Å². The van der Waals surface area contributed by atoms with Gasteiger partial charge in [-0.15, -0.1) is 0 Å². The topological polar surface area (TPSA) is 38.8 Å². The number of ether oxygens (including phenoxy) is 2. The quantitative estimate of drug-likeness (QED) is 0.845. The zero-order valence-electron chi connectivity index (χ0n) is 13.1. The predicted molar refractivity (Wildman–Crippen MR) is 89.1 cm³/mol. The number of nitrogens with zero attached hydrogens (tertiary/aromatic N) is 1. The number of benzene rings is 2. The minimum Gasteiger partial charge on any atom is -0.497 e. The van der Waals surface area contributed by atoms with E-state index in [9.17, 15) is 4.79 Å². The highest BCUT2D eigenvalue weighted by Gasteiger charge is 2.33. The Morgan fingerprint density at radius 1 is 1.22 bits per heavy atom. The zero-order chi connectivity index (χ0) is 16.2. The van der Waals surface area contributed by atoms with Crippen LogP contribution in [0.4, 0.5) is 4.79 Å². The van der Waals surface area contributed by atoms with Gasteiger partial charge in [0, 0.05) is 6.54 Å². The van der Waals surface area contributed by atoms with Gasteiger partial charge < -0.3 is 9.47 Å². The van der Waals surface area contributed by atoms with Gasteiger partial charge in [0.25, 0.3) is 0 Å². The van der Waals surface area contributed by atoms with Crippen LogP contribution in [0.25, 0.3) is 5.57 Å². The van der Waals surface area contributed by atoms with Crippen LogP contribution in [-0.4, -0.2) is 30.8 Å². The summed E-state index contributed by atoms with van der Waals surface area (Å²) in [4.78, 5) is 13.8. The Kier molecular flexibility index (Phi) is 4.33. The third-order valence-corrected chi connectivity index (χ3v) is 3.95. The van der Waals surface area contributed by atoms with Gasteiger partial charge in [0.05, 0.1) is 13.7 Å². The van der Waals surface area contributed by atoms with E-state index in [2.05, 4.69) is 6.58 Å². The van der Waals surface area contributed by atoms with Crippen molar-refractivity contribution in [3.8, 4) is 5.75 Å². The van der Waals surface area contributed by atoms with Crippen molar-refractivity contribution in [3.63, 3.8) is 0 Å². The molecule has 23 heavy (non-hydrogen) atoms. The highest BCUT2D eigenvalue weighted by molar-refractivity contribution is 5.76. The summed E-state index contributed by atoms with van der Waals surface area (Å²) in [6, 6.07) is 17.5. The first kappa shape index (κ1) is 15.2. The van der Waals surface area contributed by atoms with Gasteiger partial charge in [0.15, 0.2) is 0 Å². The first-order valence-corrected chi connectivity index (χ1v) is 7.50. The van der Waals surface area contributed by atoms with Crippen LogP contribution in [0.5, 0.6) is 5.75 Å². The fourth-order valence-electron chi connectivity index (χ4n) is 2.61. The highest BCUT2D eigenvalue weighted by atomic mass is 16.6. The number of cyclic esters (lactones) is 1. The van der Waals surface area contributed by atoms with Gasteiger partial charge in [-0.05, 0) is 28.8 Å². The van der Waals surface area contributed by atoms with Crippen LogP contribution in [0, 0.1) is 0 Å². The monoisotopic (exact) mass is 309 g/mol. The molecule has 4 nitrogen and oxygen atoms in total. The molecule has 3 rings (SSSR count). The van der Waals surface area contributed by atoms with Crippen molar-refractivity contribution in [1.82, 2.24) is 4.90 Å². The summed E-state index contributed by atoms with van der Waals surface area (Å²) in [6.45, 7) is 5.15. The van der Waals surface area contributed by atoms with Gasteiger partial charge in [-0.2, -0.15) is 0 Å². The second-order valence-electron chi connectivity index (χ2n) is 5.49. The van der Waals surface area contributed by atoms with E-state index in [0.29, 0.717) is 13.1 Å². The largest absolute Gasteiger partial charge is 0.497 e. The summed E-state index contributed by atoms with van der Waals surface area (Å²) in [5.41, 5.74) is 2.84. The average Bonchev–Trinajstić information content (AvgIpc) is 2.96. The third-order valence-electron chi connectivity index (χ3n) is 3.95. The lowest BCUT2D eigenvalue weighted by molar-refractivity contribution is 0.146. The molecule has 0 saturated carbocycles. The standard InChI is InChI=1S/C19H19NO3/c1-14(16-8-10-17(22-2)11-9-16)18-13-20(19(21)23-18)12-15-6-4-3-5-7-15/h3-11,18H,1,12-13H2,2H3. The van der Waals surface area contributed by atoms with Crippen LogP contribution < -0.4 is 4.74 Å². The van der Waals surface area contributed by atoms with Crippen LogP contribution in [0.15, 0.2) is 61.2 Å². The molecule has 118 valence electrons. The molecule has 0 aromatic heterocycles. The molecule has 0 bridgehead atoms. The molecule has 1 saturated heterocycles. The van der Waals surface area contributed by atoms with Crippen molar-refractivity contribution in [2.24, 2.45) is 0 Å². The van der Waals surface area contributed by atoms with Crippen molar-refractivity contribution in [2.75, 3.05) is 13.7 Å². The van der Waals surface area contributed by atoms with Crippen molar-refractivity contribution in [1.29, 1.82) is 0 Å². The van der Waals surface area contributed by atoms with Crippen LogP contribution in [-0.2, 0) is 11.3 Å². The van der Waals surface area contributed by atoms with Crippen molar-refractivity contribution < 1.29 is 14.3 Å². The van der Waals surface area contributed by atoms with Crippen LogP contribution >= 0.6 is 0 Å². The lowest BCUT2D eigenvalue weighted by Gasteiger charge is -2.14. The zero-order valence-corrected chi connectivity index (χ0v) is 13.1. The number of hydrogen-bond acceptors (Lipinski definition) is 3. The van der Waals surface area contributed by atoms with Crippen molar-refractivity contribution in [2.45, 2.75) is 12.6 Å².